The number of likely N-dealkylation sites (N-methyl/N-ethyl adjacent to an activating group) is 2. The number of rotatable bonds is 23. The SMILES string of the molecule is COc1cc2c(cc1OC)C(c1cc(CO)c(OC)c(OC)c1)[N+](C)(CCCOC(=O)/C=C/C(=O)OCCC[N+]1(C)CCc3cc(CO)c(CO)c(OC)c3C1Cc1ccc(CO)c(CO)c1)CC2. The first kappa shape index (κ1) is 52.6. The van der Waals surface area contributed by atoms with Crippen LogP contribution in [0.3, 0.4) is 0 Å². The molecule has 16 heteroatoms. The summed E-state index contributed by atoms with van der Waals surface area (Å²) in [6.45, 7) is 1.76. The van der Waals surface area contributed by atoms with Crippen LogP contribution in [-0.2, 0) is 71.4 Å². The number of ether oxygens (including phenoxy) is 7. The number of hydrogen-bond donors (Lipinski definition) is 5. The summed E-state index contributed by atoms with van der Waals surface area (Å²) in [6.07, 6.45) is 5.19. The van der Waals surface area contributed by atoms with Gasteiger partial charge in [-0.25, -0.2) is 9.59 Å². The molecule has 374 valence electrons. The molecule has 2 aliphatic rings. The number of benzene rings is 4. The zero-order valence-electron chi connectivity index (χ0n) is 41.0. The Bertz CT molecular complexity index is 2450. The number of carbonyl (C=O) groups is 2. The highest BCUT2D eigenvalue weighted by Gasteiger charge is 2.43. The fourth-order valence-corrected chi connectivity index (χ4v) is 10.5. The summed E-state index contributed by atoms with van der Waals surface area (Å²) >= 11 is 0. The first-order valence-corrected chi connectivity index (χ1v) is 23.4. The predicted molar refractivity (Wildman–Crippen MR) is 256 cm³/mol. The largest absolute Gasteiger partial charge is 0.496 e. The number of carbonyl (C=O) groups excluding carboxylic acids is 2. The van der Waals surface area contributed by atoms with Crippen LogP contribution in [0.15, 0.2) is 60.7 Å². The van der Waals surface area contributed by atoms with Crippen molar-refractivity contribution in [3.8, 4) is 28.7 Å². The van der Waals surface area contributed by atoms with Crippen molar-refractivity contribution in [1.82, 2.24) is 0 Å². The van der Waals surface area contributed by atoms with Crippen LogP contribution < -0.4 is 23.7 Å². The van der Waals surface area contributed by atoms with Crippen molar-refractivity contribution >= 4 is 11.9 Å². The topological polar surface area (TPSA) is 200 Å². The van der Waals surface area contributed by atoms with Crippen LogP contribution in [0.4, 0.5) is 0 Å². The summed E-state index contributed by atoms with van der Waals surface area (Å²) in [5.74, 6) is 1.42. The highest BCUT2D eigenvalue weighted by molar-refractivity contribution is 5.91. The molecule has 2 aliphatic heterocycles. The Balaban J connectivity index is 1.09. The first-order valence-electron chi connectivity index (χ1n) is 23.4. The van der Waals surface area contributed by atoms with Crippen LogP contribution >= 0.6 is 0 Å². The molecule has 4 aromatic carbocycles. The van der Waals surface area contributed by atoms with E-state index in [0.717, 1.165) is 65.0 Å². The van der Waals surface area contributed by atoms with Crippen molar-refractivity contribution in [3.05, 3.63) is 122 Å². The van der Waals surface area contributed by atoms with Crippen molar-refractivity contribution < 1.29 is 77.2 Å². The van der Waals surface area contributed by atoms with Gasteiger partial charge in [0, 0.05) is 66.5 Å². The molecule has 0 amide bonds. The van der Waals surface area contributed by atoms with Crippen molar-refractivity contribution in [2.75, 3.05) is 89.0 Å². The molecular weight excluding hydrogens is 889 g/mol. The predicted octanol–water partition coefficient (Wildman–Crippen LogP) is 4.69. The Kier molecular flexibility index (Phi) is 18.1. The third kappa shape index (κ3) is 11.5. The van der Waals surface area contributed by atoms with E-state index in [4.69, 9.17) is 33.2 Å². The minimum absolute atomic E-state index is 0.104. The number of fused-ring (bicyclic) bond motifs is 2. The van der Waals surface area contributed by atoms with E-state index in [9.17, 15) is 35.1 Å². The molecule has 6 rings (SSSR count). The summed E-state index contributed by atoms with van der Waals surface area (Å²) in [5, 5.41) is 50.8. The molecule has 0 saturated carbocycles. The number of quaternary nitrogens is 2. The van der Waals surface area contributed by atoms with E-state index in [0.29, 0.717) is 104 Å². The Morgan fingerprint density at radius 2 is 1.17 bits per heavy atom. The van der Waals surface area contributed by atoms with E-state index in [-0.39, 0.29) is 58.3 Å². The zero-order chi connectivity index (χ0) is 49.9. The van der Waals surface area contributed by atoms with Crippen LogP contribution in [0.1, 0.15) is 86.1 Å². The molecule has 16 nitrogen and oxygen atoms in total. The van der Waals surface area contributed by atoms with Gasteiger partial charge < -0.3 is 67.7 Å². The maximum Gasteiger partial charge on any atom is 0.331 e. The lowest BCUT2D eigenvalue weighted by Gasteiger charge is -2.46. The second-order valence-corrected chi connectivity index (χ2v) is 18.2. The molecule has 69 heavy (non-hydrogen) atoms. The summed E-state index contributed by atoms with van der Waals surface area (Å²) in [7, 11) is 12.2. The molecule has 0 fully saturated rings. The van der Waals surface area contributed by atoms with Crippen molar-refractivity contribution in [2.45, 2.75) is 77.2 Å². The molecule has 4 atom stereocenters. The van der Waals surface area contributed by atoms with Crippen LogP contribution in [0.2, 0.25) is 0 Å². The van der Waals surface area contributed by atoms with Crippen molar-refractivity contribution in [2.24, 2.45) is 0 Å². The van der Waals surface area contributed by atoms with Crippen LogP contribution in [0.25, 0.3) is 0 Å². The van der Waals surface area contributed by atoms with Gasteiger partial charge in [0.25, 0.3) is 0 Å². The Morgan fingerprint density at radius 1 is 0.594 bits per heavy atom. The fraction of sp³-hybridized carbons (Fsp3) is 0.472. The lowest BCUT2D eigenvalue weighted by atomic mass is 9.82. The van der Waals surface area contributed by atoms with Gasteiger partial charge in [-0.15, -0.1) is 0 Å². The van der Waals surface area contributed by atoms with Crippen LogP contribution in [0.5, 0.6) is 28.7 Å². The van der Waals surface area contributed by atoms with E-state index in [2.05, 4.69) is 14.1 Å². The molecule has 4 unspecified atom stereocenters. The molecule has 0 bridgehead atoms. The maximum atomic E-state index is 12.9. The Morgan fingerprint density at radius 3 is 1.75 bits per heavy atom. The summed E-state index contributed by atoms with van der Waals surface area (Å²) in [5.41, 5.74) is 9.03. The van der Waals surface area contributed by atoms with Gasteiger partial charge in [-0.05, 0) is 57.6 Å². The Labute approximate surface area is 405 Å². The molecule has 4 aromatic rings. The van der Waals surface area contributed by atoms with Gasteiger partial charge >= 0.3 is 11.9 Å². The van der Waals surface area contributed by atoms with E-state index in [1.807, 2.05) is 48.5 Å². The fourth-order valence-electron chi connectivity index (χ4n) is 10.5. The first-order chi connectivity index (χ1) is 33.3. The van der Waals surface area contributed by atoms with E-state index in [1.54, 1.807) is 35.5 Å². The van der Waals surface area contributed by atoms with Crippen LogP contribution in [0, 0.1) is 0 Å². The monoisotopic (exact) mass is 958 g/mol. The van der Waals surface area contributed by atoms with Crippen LogP contribution in [-0.4, -0.2) is 135 Å². The van der Waals surface area contributed by atoms with Gasteiger partial charge in [-0.3, -0.25) is 0 Å². The zero-order valence-corrected chi connectivity index (χ0v) is 41.0. The molecule has 0 radical (unpaired) electrons. The molecule has 5 N–H and O–H groups in total. The minimum Gasteiger partial charge on any atom is -0.496 e. The summed E-state index contributed by atoms with van der Waals surface area (Å²) < 4.78 is 40.9. The lowest BCUT2D eigenvalue weighted by molar-refractivity contribution is -0.941. The Hall–Kier alpha value is -5.72. The third-order valence-electron chi connectivity index (χ3n) is 14.1. The highest BCUT2D eigenvalue weighted by Crippen LogP contribution is 2.48. The summed E-state index contributed by atoms with van der Waals surface area (Å²) in [4.78, 5) is 25.7. The molecule has 0 aromatic heterocycles. The maximum absolute atomic E-state index is 12.9. The number of aliphatic hydroxyl groups excluding tert-OH is 5. The van der Waals surface area contributed by atoms with Gasteiger partial charge in [0.2, 0.25) is 0 Å². The molecular formula is C53H70N2O14+2. The van der Waals surface area contributed by atoms with Gasteiger partial charge in [-0.1, -0.05) is 24.3 Å². The second-order valence-electron chi connectivity index (χ2n) is 18.2. The van der Waals surface area contributed by atoms with Gasteiger partial charge in [0.05, 0.1) is 128 Å². The number of methoxy groups -OCH3 is 5. The average Bonchev–Trinajstić information content (AvgIpc) is 3.37. The highest BCUT2D eigenvalue weighted by atomic mass is 16.5. The third-order valence-corrected chi connectivity index (χ3v) is 14.1. The quantitative estimate of drug-likeness (QED) is 0.0297. The van der Waals surface area contributed by atoms with Gasteiger partial charge in [-0.2, -0.15) is 0 Å². The average molecular weight is 959 g/mol. The minimum atomic E-state index is -0.668. The van der Waals surface area contributed by atoms with Crippen molar-refractivity contribution in [1.29, 1.82) is 0 Å². The van der Waals surface area contributed by atoms with E-state index in [1.165, 1.54) is 0 Å². The molecule has 2 heterocycles. The second kappa shape index (κ2) is 23.7. The number of hydrogen-bond acceptors (Lipinski definition) is 14. The summed E-state index contributed by atoms with van der Waals surface area (Å²) in [6, 6.07) is 15.1. The van der Waals surface area contributed by atoms with Gasteiger partial charge in [0.1, 0.15) is 17.8 Å². The van der Waals surface area contributed by atoms with Crippen molar-refractivity contribution in [3.63, 3.8) is 0 Å². The molecule has 0 spiro atoms. The van der Waals surface area contributed by atoms with E-state index >= 15 is 0 Å². The lowest BCUT2D eigenvalue weighted by Crippen LogP contribution is -2.53. The number of nitrogens with zero attached hydrogens (tertiary/aromatic N) is 2. The molecule has 0 saturated heterocycles. The van der Waals surface area contributed by atoms with Gasteiger partial charge in [0.15, 0.2) is 23.0 Å². The standard InChI is InChI=1S/C53H70N2O14/c1-54(18-15-36-24-40(31-58)43(33-60)53(67-7)50(36)44(54)23-34-10-11-37(29-56)39(22-34)30-57)16-8-20-68-48(61)12-13-49(62)69-21-9-17-55(2)19-14-35-26-45(63-3)46(64-4)28-42(35)51(55)38-25-41(32-59)52(66-6)47(27-38)65-5/h10-13,22,24-28,44,51,56-60H,8-9,14-21,23,29-33H2,1-7H3/q+2/b13-12+. The molecule has 0 aliphatic carbocycles. The smallest absolute Gasteiger partial charge is 0.331 e. The number of aliphatic hydroxyl groups is 5. The van der Waals surface area contributed by atoms with E-state index < -0.39 is 11.9 Å². The number of esters is 2. The normalized spacial score (nSPS) is 19.7.